The molecule has 1 aromatic rings. The molecule has 23 heavy (non-hydrogen) atoms. The zero-order valence-electron chi connectivity index (χ0n) is 14.0. The van der Waals surface area contributed by atoms with Crippen molar-refractivity contribution < 1.29 is 14.3 Å². The van der Waals surface area contributed by atoms with Crippen LogP contribution < -0.4 is 0 Å². The van der Waals surface area contributed by atoms with Crippen LogP contribution in [0.4, 0.5) is 0 Å². The van der Waals surface area contributed by atoms with E-state index in [4.69, 9.17) is 9.47 Å². The molecule has 0 N–H and O–H groups in total. The topological polar surface area (TPSA) is 42.0 Å². The Bertz CT molecular complexity index is 532. The highest BCUT2D eigenvalue weighted by molar-refractivity contribution is 5.82. The summed E-state index contributed by atoms with van der Waals surface area (Å²) >= 11 is 0. The Balaban J connectivity index is 1.62. The number of carbonyl (C=O) groups is 1. The molecule has 2 aliphatic heterocycles. The first-order chi connectivity index (χ1) is 11.1. The zero-order valence-corrected chi connectivity index (χ0v) is 14.0. The summed E-state index contributed by atoms with van der Waals surface area (Å²) in [7, 11) is 0. The number of benzene rings is 1. The van der Waals surface area contributed by atoms with E-state index in [1.54, 1.807) is 0 Å². The molecule has 0 aliphatic carbocycles. The first kappa shape index (κ1) is 16.4. The highest BCUT2D eigenvalue weighted by atomic mass is 16.5. The van der Waals surface area contributed by atoms with Crippen molar-refractivity contribution in [1.82, 2.24) is 9.80 Å². The van der Waals surface area contributed by atoms with Gasteiger partial charge in [0, 0.05) is 26.2 Å². The molecule has 5 nitrogen and oxygen atoms in total. The van der Waals surface area contributed by atoms with Crippen molar-refractivity contribution in [3.8, 4) is 0 Å². The fourth-order valence-corrected chi connectivity index (χ4v) is 3.28. The number of carbonyl (C=O) groups excluding carboxylic acids is 1. The maximum Gasteiger partial charge on any atom is 0.253 e. The molecule has 5 heteroatoms. The fourth-order valence-electron chi connectivity index (χ4n) is 3.28. The Kier molecular flexibility index (Phi) is 4.99. The third-order valence-corrected chi connectivity index (χ3v) is 4.59. The van der Waals surface area contributed by atoms with E-state index < -0.39 is 0 Å². The van der Waals surface area contributed by atoms with Gasteiger partial charge < -0.3 is 14.4 Å². The highest BCUT2D eigenvalue weighted by Gasteiger charge is 2.39. The molecule has 0 bridgehead atoms. The van der Waals surface area contributed by atoms with Crippen molar-refractivity contribution in [1.29, 1.82) is 0 Å². The lowest BCUT2D eigenvalue weighted by Gasteiger charge is -2.44. The summed E-state index contributed by atoms with van der Waals surface area (Å²) in [6, 6.07) is 10.4. The second kappa shape index (κ2) is 6.99. The molecule has 1 unspecified atom stereocenters. The van der Waals surface area contributed by atoms with E-state index in [1.165, 1.54) is 5.56 Å². The average Bonchev–Trinajstić information content (AvgIpc) is 2.55. The van der Waals surface area contributed by atoms with E-state index in [1.807, 2.05) is 11.0 Å². The van der Waals surface area contributed by atoms with Gasteiger partial charge in [0.1, 0.15) is 6.10 Å². The molecule has 126 valence electrons. The number of ether oxygens (including phenoxy) is 2. The van der Waals surface area contributed by atoms with Crippen LogP contribution in [0.2, 0.25) is 0 Å². The molecular formula is C18H26N2O3. The van der Waals surface area contributed by atoms with Crippen molar-refractivity contribution in [2.24, 2.45) is 0 Å². The Morgan fingerprint density at radius 1 is 1.22 bits per heavy atom. The maximum absolute atomic E-state index is 12.9. The van der Waals surface area contributed by atoms with Crippen molar-refractivity contribution in [2.75, 3.05) is 39.5 Å². The largest absolute Gasteiger partial charge is 0.377 e. The van der Waals surface area contributed by atoms with Crippen molar-refractivity contribution in [3.05, 3.63) is 35.9 Å². The van der Waals surface area contributed by atoms with Gasteiger partial charge in [-0.3, -0.25) is 9.69 Å². The summed E-state index contributed by atoms with van der Waals surface area (Å²) in [4.78, 5) is 17.1. The van der Waals surface area contributed by atoms with Gasteiger partial charge in [0.15, 0.2) is 0 Å². The van der Waals surface area contributed by atoms with Gasteiger partial charge >= 0.3 is 0 Å². The third-order valence-electron chi connectivity index (χ3n) is 4.59. The summed E-state index contributed by atoms with van der Waals surface area (Å²) in [5, 5.41) is 0. The summed E-state index contributed by atoms with van der Waals surface area (Å²) in [5.41, 5.74) is 1.01. The number of hydrogen-bond donors (Lipinski definition) is 0. The molecule has 2 fully saturated rings. The Morgan fingerprint density at radius 3 is 2.74 bits per heavy atom. The molecule has 0 spiro atoms. The van der Waals surface area contributed by atoms with E-state index >= 15 is 0 Å². The summed E-state index contributed by atoms with van der Waals surface area (Å²) in [6.45, 7) is 8.92. The molecule has 2 heterocycles. The smallest absolute Gasteiger partial charge is 0.253 e. The molecule has 0 radical (unpaired) electrons. The van der Waals surface area contributed by atoms with Crippen LogP contribution in [0.25, 0.3) is 0 Å². The van der Waals surface area contributed by atoms with Gasteiger partial charge in [-0.25, -0.2) is 0 Å². The minimum Gasteiger partial charge on any atom is -0.377 e. The summed E-state index contributed by atoms with van der Waals surface area (Å²) < 4.78 is 11.3. The maximum atomic E-state index is 12.9. The van der Waals surface area contributed by atoms with Crippen molar-refractivity contribution >= 4 is 5.91 Å². The van der Waals surface area contributed by atoms with Crippen LogP contribution >= 0.6 is 0 Å². The number of morpholine rings is 2. The van der Waals surface area contributed by atoms with Gasteiger partial charge in [0.05, 0.1) is 25.4 Å². The lowest BCUT2D eigenvalue weighted by Crippen LogP contribution is -2.60. The van der Waals surface area contributed by atoms with Gasteiger partial charge in [-0.15, -0.1) is 0 Å². The molecule has 1 amide bonds. The molecule has 2 aliphatic rings. The normalized spacial score (nSPS) is 25.3. The predicted octanol–water partition coefficient (Wildman–Crippen LogP) is 1.52. The van der Waals surface area contributed by atoms with Crippen LogP contribution in [0.1, 0.15) is 19.4 Å². The quantitative estimate of drug-likeness (QED) is 0.847. The monoisotopic (exact) mass is 318 g/mol. The van der Waals surface area contributed by atoms with Gasteiger partial charge in [0.2, 0.25) is 0 Å². The molecular weight excluding hydrogens is 292 g/mol. The average molecular weight is 318 g/mol. The van der Waals surface area contributed by atoms with E-state index in [0.717, 1.165) is 13.1 Å². The Labute approximate surface area is 138 Å². The number of rotatable bonds is 3. The van der Waals surface area contributed by atoms with Crippen LogP contribution in [-0.2, 0) is 20.8 Å². The van der Waals surface area contributed by atoms with Crippen LogP contribution in [-0.4, -0.2) is 66.8 Å². The van der Waals surface area contributed by atoms with Gasteiger partial charge in [-0.2, -0.15) is 0 Å². The SMILES string of the molecule is CC1(C)COCCN1C(=O)C1CN(Cc2ccccc2)CCO1. The van der Waals surface area contributed by atoms with Crippen LogP contribution in [0, 0.1) is 0 Å². The third kappa shape index (κ3) is 3.91. The van der Waals surface area contributed by atoms with Crippen LogP contribution in [0.5, 0.6) is 0 Å². The van der Waals surface area contributed by atoms with Crippen molar-refractivity contribution in [3.63, 3.8) is 0 Å². The second-order valence-corrected chi connectivity index (χ2v) is 6.94. The number of hydrogen-bond acceptors (Lipinski definition) is 4. The minimum absolute atomic E-state index is 0.0936. The summed E-state index contributed by atoms with van der Waals surface area (Å²) in [6.07, 6.45) is -0.371. The zero-order chi connectivity index (χ0) is 16.3. The Hall–Kier alpha value is -1.43. The molecule has 3 rings (SSSR count). The Morgan fingerprint density at radius 2 is 2.00 bits per heavy atom. The van der Waals surface area contributed by atoms with E-state index in [9.17, 15) is 4.79 Å². The first-order valence-electron chi connectivity index (χ1n) is 8.33. The second-order valence-electron chi connectivity index (χ2n) is 6.94. The standard InChI is InChI=1S/C18H26N2O3/c1-18(2)14-22-10-9-20(18)17(21)16-13-19(8-11-23-16)12-15-6-4-3-5-7-15/h3-7,16H,8-14H2,1-2H3. The van der Waals surface area contributed by atoms with E-state index in [2.05, 4.69) is 43.0 Å². The molecule has 2 saturated heterocycles. The minimum atomic E-state index is -0.371. The van der Waals surface area contributed by atoms with E-state index in [0.29, 0.717) is 32.9 Å². The fraction of sp³-hybridized carbons (Fsp3) is 0.611. The van der Waals surface area contributed by atoms with Gasteiger partial charge in [0.25, 0.3) is 5.91 Å². The summed E-state index contributed by atoms with van der Waals surface area (Å²) in [5.74, 6) is 0.0936. The van der Waals surface area contributed by atoms with E-state index in [-0.39, 0.29) is 17.6 Å². The number of amides is 1. The van der Waals surface area contributed by atoms with Gasteiger partial charge in [-0.05, 0) is 19.4 Å². The van der Waals surface area contributed by atoms with Crippen LogP contribution in [0.3, 0.4) is 0 Å². The van der Waals surface area contributed by atoms with Gasteiger partial charge in [-0.1, -0.05) is 30.3 Å². The molecule has 0 aromatic heterocycles. The lowest BCUT2D eigenvalue weighted by atomic mass is 10.0. The number of nitrogens with zero attached hydrogens (tertiary/aromatic N) is 2. The van der Waals surface area contributed by atoms with Crippen molar-refractivity contribution in [2.45, 2.75) is 32.0 Å². The lowest BCUT2D eigenvalue weighted by molar-refractivity contribution is -0.164. The molecule has 1 aromatic carbocycles. The molecule has 0 saturated carbocycles. The predicted molar refractivity (Wildman–Crippen MR) is 88.1 cm³/mol. The van der Waals surface area contributed by atoms with Crippen LogP contribution in [0.15, 0.2) is 30.3 Å². The highest BCUT2D eigenvalue weighted by Crippen LogP contribution is 2.22. The molecule has 1 atom stereocenters. The first-order valence-corrected chi connectivity index (χ1v) is 8.33.